The number of hydrogen-bond donors (Lipinski definition) is 2. The van der Waals surface area contributed by atoms with Crippen LogP contribution in [0.2, 0.25) is 0 Å². The van der Waals surface area contributed by atoms with Crippen molar-refractivity contribution in [2.75, 3.05) is 5.43 Å². The van der Waals surface area contributed by atoms with Gasteiger partial charge in [-0.25, -0.2) is 0 Å². The Hall–Kier alpha value is -2.95. The number of hydrogen-bond acceptors (Lipinski definition) is 4. The maximum Gasteiger partial charge on any atom is 0.435 e. The fourth-order valence-electron chi connectivity index (χ4n) is 2.66. The molecular weight excluding hydrogens is 395 g/mol. The maximum absolute atomic E-state index is 12.8. The fourth-order valence-corrected chi connectivity index (χ4v) is 2.90. The first kappa shape index (κ1) is 19.8. The zero-order chi connectivity index (χ0) is 20.6. The molecule has 0 aliphatic carbocycles. The van der Waals surface area contributed by atoms with E-state index in [-0.39, 0.29) is 17.0 Å². The van der Waals surface area contributed by atoms with Crippen LogP contribution in [-0.4, -0.2) is 25.3 Å². The molecule has 0 aliphatic heterocycles. The number of halogens is 3. The smallest absolute Gasteiger partial charge is 0.330 e. The van der Waals surface area contributed by atoms with Gasteiger partial charge in [0.2, 0.25) is 5.91 Å². The van der Waals surface area contributed by atoms with E-state index < -0.39 is 29.3 Å². The van der Waals surface area contributed by atoms with Crippen molar-refractivity contribution in [3.63, 3.8) is 0 Å². The molecule has 0 bridgehead atoms. The summed E-state index contributed by atoms with van der Waals surface area (Å²) < 4.78 is 40.3. The Labute approximate surface area is 161 Å². The van der Waals surface area contributed by atoms with Crippen molar-refractivity contribution in [3.05, 3.63) is 56.8 Å². The van der Waals surface area contributed by atoms with Gasteiger partial charge in [-0.1, -0.05) is 19.1 Å². The van der Waals surface area contributed by atoms with Crippen LogP contribution in [0.5, 0.6) is 0 Å². The van der Waals surface area contributed by atoms with Crippen LogP contribution in [0.3, 0.4) is 0 Å². The summed E-state index contributed by atoms with van der Waals surface area (Å²) in [5.74, 6) is -1.35. The van der Waals surface area contributed by atoms with Gasteiger partial charge in [0.05, 0.1) is 23.4 Å². The Kier molecular flexibility index (Phi) is 5.11. The predicted molar refractivity (Wildman–Crippen MR) is 98.9 cm³/mol. The molecule has 3 rings (SSSR count). The first-order chi connectivity index (χ1) is 13.1. The topological polar surface area (TPSA) is 84.7 Å². The highest BCUT2D eigenvalue weighted by Crippen LogP contribution is 2.28. The van der Waals surface area contributed by atoms with E-state index >= 15 is 0 Å². The Morgan fingerprint density at radius 3 is 2.68 bits per heavy atom. The van der Waals surface area contributed by atoms with Gasteiger partial charge in [-0.3, -0.25) is 19.7 Å². The predicted octanol–water partition coefficient (Wildman–Crippen LogP) is 2.99. The summed E-state index contributed by atoms with van der Waals surface area (Å²) in [6, 6.07) is 7.59. The lowest BCUT2D eigenvalue weighted by Crippen LogP contribution is -2.38. The third-order valence-electron chi connectivity index (χ3n) is 4.19. The summed E-state index contributed by atoms with van der Waals surface area (Å²) in [5, 5.41) is 3.84. The number of aromatic amines is 1. The maximum atomic E-state index is 12.8. The van der Waals surface area contributed by atoms with Gasteiger partial charge < -0.3 is 4.98 Å². The average Bonchev–Trinajstić information content (AvgIpc) is 2.99. The average molecular weight is 411 g/mol. The molecular formula is C17H16F3N5O2S. The van der Waals surface area contributed by atoms with Crippen molar-refractivity contribution in [1.29, 1.82) is 0 Å². The van der Waals surface area contributed by atoms with Crippen molar-refractivity contribution in [2.24, 2.45) is 5.92 Å². The molecule has 11 heteroatoms. The van der Waals surface area contributed by atoms with Crippen LogP contribution >= 0.6 is 12.2 Å². The van der Waals surface area contributed by atoms with E-state index in [0.29, 0.717) is 10.9 Å². The summed E-state index contributed by atoms with van der Waals surface area (Å²) in [4.78, 5) is 27.9. The van der Waals surface area contributed by atoms with Gasteiger partial charge in [0.1, 0.15) is 0 Å². The Morgan fingerprint density at radius 1 is 1.36 bits per heavy atom. The van der Waals surface area contributed by atoms with Gasteiger partial charge in [-0.2, -0.15) is 22.9 Å². The van der Waals surface area contributed by atoms with E-state index in [1.165, 1.54) is 13.8 Å². The lowest BCUT2D eigenvalue weighted by atomic mass is 10.1. The molecule has 1 amide bonds. The molecule has 2 N–H and O–H groups in total. The van der Waals surface area contributed by atoms with Crippen molar-refractivity contribution in [1.82, 2.24) is 19.4 Å². The number of nitrogens with zero attached hydrogens (tertiary/aromatic N) is 3. The minimum atomic E-state index is -4.56. The number of alkyl halides is 3. The van der Waals surface area contributed by atoms with Gasteiger partial charge >= 0.3 is 6.18 Å². The number of fused-ring (bicyclic) bond motifs is 1. The zero-order valence-corrected chi connectivity index (χ0v) is 15.7. The van der Waals surface area contributed by atoms with E-state index in [4.69, 9.17) is 12.2 Å². The van der Waals surface area contributed by atoms with Crippen LogP contribution in [0.25, 0.3) is 10.9 Å². The molecule has 3 aromatic rings. The Balaban J connectivity index is 1.82. The first-order valence-electron chi connectivity index (χ1n) is 8.24. The van der Waals surface area contributed by atoms with Gasteiger partial charge in [-0.05, 0) is 37.3 Å². The molecule has 0 unspecified atom stereocenters. The van der Waals surface area contributed by atoms with Crippen molar-refractivity contribution >= 4 is 29.0 Å². The summed E-state index contributed by atoms with van der Waals surface area (Å²) >= 11 is 5.12. The van der Waals surface area contributed by atoms with Crippen molar-refractivity contribution < 1.29 is 18.0 Å². The van der Waals surface area contributed by atoms with Crippen LogP contribution in [0.4, 0.5) is 13.2 Å². The van der Waals surface area contributed by atoms with Crippen LogP contribution in [0.1, 0.15) is 18.3 Å². The second-order valence-electron chi connectivity index (χ2n) is 6.34. The number of nitrogens with one attached hydrogen (secondary N) is 2. The van der Waals surface area contributed by atoms with Crippen LogP contribution in [0, 0.1) is 17.6 Å². The Morgan fingerprint density at radius 2 is 2.04 bits per heavy atom. The van der Waals surface area contributed by atoms with Crippen LogP contribution in [0.15, 0.2) is 35.1 Å². The molecule has 0 spiro atoms. The first-order valence-corrected chi connectivity index (χ1v) is 8.65. The van der Waals surface area contributed by atoms with Gasteiger partial charge in [-0.15, -0.1) is 0 Å². The third-order valence-corrected chi connectivity index (χ3v) is 4.48. The standard InChI is InChI=1S/C17H16F3N5O2S/c1-9(8-24-10(2)7-13(22-24)17(18,19)20)14(26)23-25-15(27)11-5-3-4-6-12(11)21-16(25)28/h3-7,9H,8H2,1-2H3,(H,21,28)(H,23,26)/t9-/m1/s1. The fraction of sp³-hybridized carbons (Fsp3) is 0.294. The van der Waals surface area contributed by atoms with Crippen molar-refractivity contribution in [3.8, 4) is 0 Å². The van der Waals surface area contributed by atoms with E-state index in [2.05, 4.69) is 15.5 Å². The molecule has 0 radical (unpaired) electrons. The highest BCUT2D eigenvalue weighted by atomic mass is 32.1. The number of H-pyrrole nitrogens is 1. The third kappa shape index (κ3) is 3.84. The van der Waals surface area contributed by atoms with E-state index in [1.807, 2.05) is 0 Å². The molecule has 148 valence electrons. The second-order valence-corrected chi connectivity index (χ2v) is 6.73. The van der Waals surface area contributed by atoms with E-state index in [1.54, 1.807) is 24.3 Å². The number of rotatable bonds is 4. The number of aryl methyl sites for hydroxylation is 1. The Bertz CT molecular complexity index is 1160. The van der Waals surface area contributed by atoms with E-state index in [0.717, 1.165) is 15.4 Å². The molecule has 1 aromatic carbocycles. The van der Waals surface area contributed by atoms with Crippen molar-refractivity contribution in [2.45, 2.75) is 26.6 Å². The largest absolute Gasteiger partial charge is 0.435 e. The number of amides is 1. The second kappa shape index (κ2) is 7.23. The molecule has 2 heterocycles. The number of carbonyl (C=O) groups excluding carboxylic acids is 1. The molecule has 2 aromatic heterocycles. The quantitative estimate of drug-likeness (QED) is 0.647. The zero-order valence-electron chi connectivity index (χ0n) is 14.9. The summed E-state index contributed by atoms with van der Waals surface area (Å²) in [7, 11) is 0. The lowest BCUT2D eigenvalue weighted by Gasteiger charge is -2.15. The van der Waals surface area contributed by atoms with Crippen LogP contribution < -0.4 is 11.0 Å². The summed E-state index contributed by atoms with van der Waals surface area (Å²) in [6.07, 6.45) is -4.56. The molecule has 0 aliphatic rings. The molecule has 7 nitrogen and oxygen atoms in total. The monoisotopic (exact) mass is 411 g/mol. The summed E-state index contributed by atoms with van der Waals surface area (Å²) in [5.41, 5.74) is 1.69. The normalized spacial score (nSPS) is 12.9. The van der Waals surface area contributed by atoms with Gasteiger partial charge in [0.25, 0.3) is 5.56 Å². The molecule has 0 saturated heterocycles. The van der Waals surface area contributed by atoms with Gasteiger partial charge in [0, 0.05) is 5.69 Å². The molecule has 0 fully saturated rings. The number of benzene rings is 1. The SMILES string of the molecule is Cc1cc(C(F)(F)F)nn1C[C@@H](C)C(=O)Nn1c(=S)[nH]c2ccccc2c1=O. The lowest BCUT2D eigenvalue weighted by molar-refractivity contribution is -0.141. The minimum absolute atomic E-state index is 0.00104. The molecule has 1 atom stereocenters. The molecule has 28 heavy (non-hydrogen) atoms. The molecule has 0 saturated carbocycles. The number of para-hydroxylation sites is 1. The summed E-state index contributed by atoms with van der Waals surface area (Å²) in [6.45, 7) is 2.89. The van der Waals surface area contributed by atoms with E-state index in [9.17, 15) is 22.8 Å². The van der Waals surface area contributed by atoms with Gasteiger partial charge in [0.15, 0.2) is 10.5 Å². The number of aromatic nitrogens is 4. The van der Waals surface area contributed by atoms with Crippen LogP contribution in [-0.2, 0) is 17.5 Å². The number of carbonyl (C=O) groups is 1. The minimum Gasteiger partial charge on any atom is -0.330 e. The highest BCUT2D eigenvalue weighted by Gasteiger charge is 2.34. The highest BCUT2D eigenvalue weighted by molar-refractivity contribution is 7.71.